The Hall–Kier alpha value is -3.35. The molecule has 1 aliphatic rings. The number of aryl methyl sites for hydroxylation is 1. The van der Waals surface area contributed by atoms with Gasteiger partial charge in [0.15, 0.2) is 13.9 Å². The van der Waals surface area contributed by atoms with E-state index in [9.17, 15) is 9.90 Å². The van der Waals surface area contributed by atoms with Gasteiger partial charge in [0.05, 0.1) is 23.9 Å². The first-order valence-electron chi connectivity index (χ1n) is 13.6. The second-order valence-electron chi connectivity index (χ2n) is 11.9. The van der Waals surface area contributed by atoms with Crippen LogP contribution in [-0.4, -0.2) is 42.7 Å². The van der Waals surface area contributed by atoms with E-state index in [1.807, 2.05) is 0 Å². The average molecular weight is 550 g/mol. The summed E-state index contributed by atoms with van der Waals surface area (Å²) >= 11 is 0. The van der Waals surface area contributed by atoms with Crippen molar-refractivity contribution in [1.29, 1.82) is 5.26 Å². The Kier molecular flexibility index (Phi) is 8.67. The van der Waals surface area contributed by atoms with E-state index in [0.29, 0.717) is 43.5 Å². The largest absolute Gasteiger partial charge is 0.489 e. The molecule has 1 fully saturated rings. The summed E-state index contributed by atoms with van der Waals surface area (Å²) in [6.07, 6.45) is 2.67. The van der Waals surface area contributed by atoms with Gasteiger partial charge in [-0.05, 0) is 85.6 Å². The summed E-state index contributed by atoms with van der Waals surface area (Å²) in [5.74, 6) is 1.17. The predicted molar refractivity (Wildman–Crippen MR) is 152 cm³/mol. The number of piperidine rings is 1. The third-order valence-corrected chi connectivity index (χ3v) is 12.8. The third kappa shape index (κ3) is 6.81. The van der Waals surface area contributed by atoms with Crippen LogP contribution in [0, 0.1) is 17.2 Å². The minimum atomic E-state index is -2.02. The van der Waals surface area contributed by atoms with E-state index in [1.54, 1.807) is 24.3 Å². The fraction of sp³-hybridized carbons (Fsp3) is 0.500. The number of likely N-dealkylation sites (tertiary alicyclic amines) is 1. The van der Waals surface area contributed by atoms with E-state index in [0.717, 1.165) is 53.5 Å². The lowest BCUT2D eigenvalue weighted by atomic mass is 9.91. The Bertz CT molecular complexity index is 1330. The topological polar surface area (TPSA) is 109 Å². The molecule has 8 nitrogen and oxygen atoms in total. The van der Waals surface area contributed by atoms with Gasteiger partial charge in [0.1, 0.15) is 12.4 Å². The molecule has 2 heterocycles. The Morgan fingerprint density at radius 2 is 1.85 bits per heavy atom. The van der Waals surface area contributed by atoms with Crippen LogP contribution in [0.1, 0.15) is 62.4 Å². The number of benzene rings is 2. The first kappa shape index (κ1) is 28.6. The van der Waals surface area contributed by atoms with Crippen molar-refractivity contribution < 1.29 is 23.6 Å². The number of carboxylic acid groups (broad SMARTS) is 1. The predicted octanol–water partition coefficient (Wildman–Crippen LogP) is 7.12. The van der Waals surface area contributed by atoms with Gasteiger partial charge in [-0.15, -0.1) is 0 Å². The Morgan fingerprint density at radius 3 is 2.46 bits per heavy atom. The molecular formula is C30H39N3O5Si. The monoisotopic (exact) mass is 549 g/mol. The number of carbonyl (C=O) groups is 1. The van der Waals surface area contributed by atoms with E-state index >= 15 is 0 Å². The Morgan fingerprint density at radius 1 is 1.15 bits per heavy atom. The van der Waals surface area contributed by atoms with Gasteiger partial charge in [0.2, 0.25) is 0 Å². The fourth-order valence-electron chi connectivity index (χ4n) is 4.63. The highest BCUT2D eigenvalue weighted by Gasteiger charge is 2.37. The van der Waals surface area contributed by atoms with Crippen molar-refractivity contribution in [2.75, 3.05) is 13.1 Å². The zero-order valence-electron chi connectivity index (χ0n) is 23.6. The minimum absolute atomic E-state index is 0.0723. The van der Waals surface area contributed by atoms with Gasteiger partial charge in [-0.2, -0.15) is 5.26 Å². The molecule has 1 N–H and O–H groups in total. The number of nitriles is 1. The molecule has 1 saturated heterocycles. The Balaban J connectivity index is 1.54. The van der Waals surface area contributed by atoms with E-state index in [1.165, 1.54) is 4.90 Å². The number of ether oxygens (including phenoxy) is 1. The maximum absolute atomic E-state index is 11.2. The summed E-state index contributed by atoms with van der Waals surface area (Å²) in [5, 5.41) is 23.8. The number of hydrogen-bond acceptors (Lipinski definition) is 6. The second kappa shape index (κ2) is 11.8. The molecule has 0 saturated carbocycles. The second-order valence-corrected chi connectivity index (χ2v) is 16.7. The molecule has 0 radical (unpaired) electrons. The first-order chi connectivity index (χ1) is 18.5. The molecule has 1 amide bonds. The number of rotatable bonds is 9. The molecule has 1 aromatic heterocycles. The molecular weight excluding hydrogens is 510 g/mol. The summed E-state index contributed by atoms with van der Waals surface area (Å²) in [5.41, 5.74) is 4.20. The number of aromatic nitrogens is 1. The van der Waals surface area contributed by atoms with Gasteiger partial charge >= 0.3 is 6.09 Å². The normalized spacial score (nSPS) is 14.9. The molecule has 208 valence electrons. The molecule has 2 aromatic carbocycles. The van der Waals surface area contributed by atoms with Crippen molar-refractivity contribution in [2.24, 2.45) is 5.92 Å². The van der Waals surface area contributed by atoms with E-state index in [2.05, 4.69) is 57.2 Å². The molecule has 0 unspecified atom stereocenters. The highest BCUT2D eigenvalue weighted by Crippen LogP contribution is 2.38. The quantitative estimate of drug-likeness (QED) is 0.283. The summed E-state index contributed by atoms with van der Waals surface area (Å²) in [7, 11) is -2.02. The Labute approximate surface area is 231 Å². The summed E-state index contributed by atoms with van der Waals surface area (Å²) in [4.78, 5) is 12.7. The van der Waals surface area contributed by atoms with Crippen LogP contribution in [0.5, 0.6) is 5.75 Å². The van der Waals surface area contributed by atoms with Crippen LogP contribution >= 0.6 is 0 Å². The maximum atomic E-state index is 11.2. The van der Waals surface area contributed by atoms with Crippen LogP contribution in [0.25, 0.3) is 11.0 Å². The lowest BCUT2D eigenvalue weighted by Crippen LogP contribution is -2.40. The lowest BCUT2D eigenvalue weighted by Gasteiger charge is -2.36. The zero-order chi connectivity index (χ0) is 28.2. The molecule has 0 bridgehead atoms. The molecule has 0 aliphatic carbocycles. The minimum Gasteiger partial charge on any atom is -0.489 e. The van der Waals surface area contributed by atoms with E-state index in [-0.39, 0.29) is 5.04 Å². The van der Waals surface area contributed by atoms with Crippen molar-refractivity contribution >= 4 is 25.4 Å². The molecule has 39 heavy (non-hydrogen) atoms. The molecule has 3 aromatic rings. The van der Waals surface area contributed by atoms with Gasteiger partial charge in [0, 0.05) is 24.0 Å². The van der Waals surface area contributed by atoms with Crippen molar-refractivity contribution in [2.45, 2.75) is 77.8 Å². The van der Waals surface area contributed by atoms with Crippen LogP contribution in [-0.2, 0) is 24.1 Å². The van der Waals surface area contributed by atoms with Crippen molar-refractivity contribution in [1.82, 2.24) is 10.1 Å². The van der Waals surface area contributed by atoms with Crippen LogP contribution in [0.4, 0.5) is 4.79 Å². The highest BCUT2D eigenvalue weighted by atomic mass is 28.4. The van der Waals surface area contributed by atoms with Crippen LogP contribution in [0.15, 0.2) is 40.9 Å². The first-order valence-corrected chi connectivity index (χ1v) is 16.5. The molecule has 4 rings (SSSR count). The number of amides is 1. The average Bonchev–Trinajstić information content (AvgIpc) is 3.32. The standard InChI is InChI=1S/C30H39N3O5Si/c1-30(2,3)39(4,5)37-20-26-23(19-36-24-10-6-22(18-31)7-11-24)9-12-25-27(32-38-28(25)26)13-8-21-14-16-33(17-15-21)29(34)35/h6-7,9-12,21H,8,13-17,19-20H2,1-5H3,(H,34,35). The molecule has 0 atom stereocenters. The maximum Gasteiger partial charge on any atom is 0.407 e. The fourth-order valence-corrected chi connectivity index (χ4v) is 5.57. The van der Waals surface area contributed by atoms with Gasteiger partial charge in [-0.3, -0.25) is 0 Å². The molecule has 9 heteroatoms. The highest BCUT2D eigenvalue weighted by molar-refractivity contribution is 6.74. The van der Waals surface area contributed by atoms with Crippen LogP contribution < -0.4 is 4.74 Å². The molecule has 0 spiro atoms. The van der Waals surface area contributed by atoms with Gasteiger partial charge in [-0.1, -0.05) is 32.0 Å². The van der Waals surface area contributed by atoms with Crippen molar-refractivity contribution in [3.05, 3.63) is 58.8 Å². The third-order valence-electron chi connectivity index (χ3n) is 8.35. The summed E-state index contributed by atoms with van der Waals surface area (Å²) in [6, 6.07) is 13.3. The zero-order valence-corrected chi connectivity index (χ0v) is 24.6. The van der Waals surface area contributed by atoms with E-state index < -0.39 is 14.4 Å². The number of fused-ring (bicyclic) bond motifs is 1. The van der Waals surface area contributed by atoms with Gasteiger partial charge < -0.3 is 23.7 Å². The molecule has 1 aliphatic heterocycles. The smallest absolute Gasteiger partial charge is 0.407 e. The van der Waals surface area contributed by atoms with Gasteiger partial charge in [0.25, 0.3) is 0 Å². The van der Waals surface area contributed by atoms with Gasteiger partial charge in [-0.25, -0.2) is 4.79 Å². The van der Waals surface area contributed by atoms with E-state index in [4.69, 9.17) is 18.9 Å². The van der Waals surface area contributed by atoms with Crippen molar-refractivity contribution in [3.8, 4) is 11.8 Å². The lowest BCUT2D eigenvalue weighted by molar-refractivity contribution is 0.123. The summed E-state index contributed by atoms with van der Waals surface area (Å²) in [6.45, 7) is 13.1. The summed E-state index contributed by atoms with van der Waals surface area (Å²) < 4.78 is 18.6. The SMILES string of the molecule is CC(C)(C)[Si](C)(C)OCc1c(COc2ccc(C#N)cc2)ccc2c(CCC3CCN(C(=O)O)CC3)noc12. The number of nitrogens with zero attached hydrogens (tertiary/aromatic N) is 3. The van der Waals surface area contributed by atoms with Crippen LogP contribution in [0.3, 0.4) is 0 Å². The van der Waals surface area contributed by atoms with Crippen LogP contribution in [0.2, 0.25) is 18.1 Å². The van der Waals surface area contributed by atoms with Crippen molar-refractivity contribution in [3.63, 3.8) is 0 Å². The number of hydrogen-bond donors (Lipinski definition) is 1.